The first-order chi connectivity index (χ1) is 18.6. The molecule has 5 rings (SSSR count). The third kappa shape index (κ3) is 5.82. The highest BCUT2D eigenvalue weighted by atomic mass is 16.5. The number of benzene rings is 4. The number of carbonyl (C=O) groups is 1. The Balaban J connectivity index is 1.27. The zero-order chi connectivity index (χ0) is 26.3. The number of ether oxygens (including phenoxy) is 2. The van der Waals surface area contributed by atoms with Crippen LogP contribution in [-0.4, -0.2) is 30.4 Å². The summed E-state index contributed by atoms with van der Waals surface area (Å²) in [4.78, 5) is 12.4. The van der Waals surface area contributed by atoms with Gasteiger partial charge in [-0.1, -0.05) is 36.4 Å². The second-order valence-corrected chi connectivity index (χ2v) is 8.58. The van der Waals surface area contributed by atoms with E-state index >= 15 is 0 Å². The van der Waals surface area contributed by atoms with Crippen LogP contribution in [0, 0.1) is 0 Å². The second-order valence-electron chi connectivity index (χ2n) is 8.58. The second kappa shape index (κ2) is 11.3. The standard InChI is InChI=1S/C30H27N5O3/c1-37-24-15-7-20(8-16-24)19-28-26-5-3-4-6-27(26)29(35-34-28)31-21-9-11-22(12-10-21)32-30(36)33-23-13-17-25(38-2)18-14-23/h3-18H,19H2,1-2H3,(H,31,35)(H2,32,33,36). The average Bonchev–Trinajstić information content (AvgIpc) is 2.96. The minimum atomic E-state index is -0.333. The van der Waals surface area contributed by atoms with Gasteiger partial charge < -0.3 is 25.4 Å². The maximum atomic E-state index is 12.4. The Labute approximate surface area is 220 Å². The Morgan fingerprint density at radius 2 is 1.18 bits per heavy atom. The zero-order valence-electron chi connectivity index (χ0n) is 21.1. The Morgan fingerprint density at radius 1 is 0.658 bits per heavy atom. The molecule has 0 bridgehead atoms. The van der Waals surface area contributed by atoms with Gasteiger partial charge in [-0.15, -0.1) is 5.10 Å². The summed E-state index contributed by atoms with van der Waals surface area (Å²) in [5.41, 5.74) is 4.19. The van der Waals surface area contributed by atoms with E-state index in [0.717, 1.165) is 39.2 Å². The summed E-state index contributed by atoms with van der Waals surface area (Å²) in [5, 5.41) is 20.0. The summed E-state index contributed by atoms with van der Waals surface area (Å²) < 4.78 is 10.4. The van der Waals surface area contributed by atoms with E-state index in [9.17, 15) is 4.79 Å². The van der Waals surface area contributed by atoms with Crippen molar-refractivity contribution in [1.82, 2.24) is 10.2 Å². The number of aromatic nitrogens is 2. The van der Waals surface area contributed by atoms with Gasteiger partial charge in [-0.3, -0.25) is 0 Å². The molecule has 38 heavy (non-hydrogen) atoms. The fourth-order valence-electron chi connectivity index (χ4n) is 4.06. The molecular weight excluding hydrogens is 478 g/mol. The number of nitrogens with zero attached hydrogens (tertiary/aromatic N) is 2. The van der Waals surface area contributed by atoms with Crippen LogP contribution in [0.15, 0.2) is 97.1 Å². The summed E-state index contributed by atoms with van der Waals surface area (Å²) in [6.45, 7) is 0. The van der Waals surface area contributed by atoms with Gasteiger partial charge in [0.05, 0.1) is 19.9 Å². The molecule has 0 unspecified atom stereocenters. The van der Waals surface area contributed by atoms with Crippen molar-refractivity contribution in [3.05, 3.63) is 108 Å². The molecule has 2 amide bonds. The first-order valence-corrected chi connectivity index (χ1v) is 12.1. The molecule has 0 saturated carbocycles. The third-order valence-electron chi connectivity index (χ3n) is 6.05. The number of hydrogen-bond acceptors (Lipinski definition) is 6. The van der Waals surface area contributed by atoms with Crippen LogP contribution in [0.25, 0.3) is 10.8 Å². The van der Waals surface area contributed by atoms with Crippen LogP contribution in [0.3, 0.4) is 0 Å². The van der Waals surface area contributed by atoms with Gasteiger partial charge in [0.2, 0.25) is 0 Å². The van der Waals surface area contributed by atoms with Crippen LogP contribution in [-0.2, 0) is 6.42 Å². The number of urea groups is 1. The lowest BCUT2D eigenvalue weighted by molar-refractivity contribution is 0.262. The van der Waals surface area contributed by atoms with Crippen LogP contribution in [0.2, 0.25) is 0 Å². The third-order valence-corrected chi connectivity index (χ3v) is 6.05. The normalized spacial score (nSPS) is 10.6. The Kier molecular flexibility index (Phi) is 7.31. The molecule has 0 aliphatic heterocycles. The van der Waals surface area contributed by atoms with E-state index in [1.165, 1.54) is 0 Å². The highest BCUT2D eigenvalue weighted by molar-refractivity contribution is 6.00. The van der Waals surface area contributed by atoms with Crippen molar-refractivity contribution in [2.75, 3.05) is 30.2 Å². The lowest BCUT2D eigenvalue weighted by atomic mass is 10.0. The molecule has 5 aromatic rings. The molecule has 0 radical (unpaired) electrons. The van der Waals surface area contributed by atoms with Crippen molar-refractivity contribution in [3.8, 4) is 11.5 Å². The van der Waals surface area contributed by atoms with Crippen LogP contribution in [0.5, 0.6) is 11.5 Å². The maximum Gasteiger partial charge on any atom is 0.323 e. The lowest BCUT2D eigenvalue weighted by Gasteiger charge is -2.12. The number of amides is 2. The molecule has 1 heterocycles. The fraction of sp³-hybridized carbons (Fsp3) is 0.100. The van der Waals surface area contributed by atoms with Crippen molar-refractivity contribution in [1.29, 1.82) is 0 Å². The van der Waals surface area contributed by atoms with Crippen molar-refractivity contribution in [3.63, 3.8) is 0 Å². The molecule has 3 N–H and O–H groups in total. The summed E-state index contributed by atoms with van der Waals surface area (Å²) in [7, 11) is 3.26. The van der Waals surface area contributed by atoms with Gasteiger partial charge in [0.1, 0.15) is 11.5 Å². The molecule has 8 nitrogen and oxygen atoms in total. The van der Waals surface area contributed by atoms with Gasteiger partial charge in [-0.2, -0.15) is 5.10 Å². The van der Waals surface area contributed by atoms with Crippen LogP contribution >= 0.6 is 0 Å². The van der Waals surface area contributed by atoms with Crippen LogP contribution < -0.4 is 25.4 Å². The molecule has 0 atom stereocenters. The molecule has 1 aromatic heterocycles. The van der Waals surface area contributed by atoms with Gasteiger partial charge >= 0.3 is 6.03 Å². The summed E-state index contributed by atoms with van der Waals surface area (Å²) in [6, 6.07) is 30.2. The van der Waals surface area contributed by atoms with Gasteiger partial charge in [-0.25, -0.2) is 4.79 Å². The van der Waals surface area contributed by atoms with E-state index in [2.05, 4.69) is 32.2 Å². The van der Waals surface area contributed by atoms with Crippen molar-refractivity contribution in [2.45, 2.75) is 6.42 Å². The number of anilines is 4. The molecule has 0 aliphatic rings. The van der Waals surface area contributed by atoms with Gasteiger partial charge in [0.25, 0.3) is 0 Å². The molecule has 190 valence electrons. The van der Waals surface area contributed by atoms with Gasteiger partial charge in [0.15, 0.2) is 5.82 Å². The number of rotatable bonds is 8. The van der Waals surface area contributed by atoms with Crippen molar-refractivity contribution in [2.24, 2.45) is 0 Å². The Hall–Kier alpha value is -5.11. The number of methoxy groups -OCH3 is 2. The molecule has 4 aromatic carbocycles. The van der Waals surface area contributed by atoms with Crippen LogP contribution in [0.1, 0.15) is 11.3 Å². The minimum Gasteiger partial charge on any atom is -0.497 e. The number of carbonyl (C=O) groups excluding carboxylic acids is 1. The topological polar surface area (TPSA) is 97.4 Å². The van der Waals surface area contributed by atoms with Crippen LogP contribution in [0.4, 0.5) is 27.7 Å². The quantitative estimate of drug-likeness (QED) is 0.219. The van der Waals surface area contributed by atoms with E-state index in [1.54, 1.807) is 38.5 Å². The summed E-state index contributed by atoms with van der Waals surface area (Å²) in [6.07, 6.45) is 0.663. The largest absolute Gasteiger partial charge is 0.497 e. The monoisotopic (exact) mass is 505 g/mol. The number of nitrogens with one attached hydrogen (secondary N) is 3. The van der Waals surface area contributed by atoms with Crippen molar-refractivity contribution >= 4 is 39.7 Å². The van der Waals surface area contributed by atoms with Gasteiger partial charge in [0, 0.05) is 34.3 Å². The maximum absolute atomic E-state index is 12.4. The highest BCUT2D eigenvalue weighted by Crippen LogP contribution is 2.28. The molecular formula is C30H27N5O3. The zero-order valence-corrected chi connectivity index (χ0v) is 21.1. The number of hydrogen-bond donors (Lipinski definition) is 3. The smallest absolute Gasteiger partial charge is 0.323 e. The Morgan fingerprint density at radius 3 is 1.79 bits per heavy atom. The van der Waals surface area contributed by atoms with Crippen molar-refractivity contribution < 1.29 is 14.3 Å². The van der Waals surface area contributed by atoms with E-state index in [4.69, 9.17) is 9.47 Å². The molecule has 0 aliphatic carbocycles. The predicted molar refractivity (Wildman–Crippen MR) is 151 cm³/mol. The van der Waals surface area contributed by atoms with E-state index in [1.807, 2.05) is 66.7 Å². The first-order valence-electron chi connectivity index (χ1n) is 12.1. The molecule has 0 saturated heterocycles. The van der Waals surface area contributed by atoms with E-state index in [0.29, 0.717) is 23.6 Å². The average molecular weight is 506 g/mol. The highest BCUT2D eigenvalue weighted by Gasteiger charge is 2.11. The minimum absolute atomic E-state index is 0.333. The van der Waals surface area contributed by atoms with E-state index in [-0.39, 0.29) is 6.03 Å². The molecule has 0 fully saturated rings. The predicted octanol–water partition coefficient (Wildman–Crippen LogP) is 6.63. The number of fused-ring (bicyclic) bond motifs is 1. The summed E-state index contributed by atoms with van der Waals surface area (Å²) >= 11 is 0. The summed E-state index contributed by atoms with van der Waals surface area (Å²) in [5.74, 6) is 2.21. The SMILES string of the molecule is COc1ccc(Cc2nnc(Nc3ccc(NC(=O)Nc4ccc(OC)cc4)cc3)c3ccccc23)cc1. The molecule has 8 heteroatoms. The molecule has 0 spiro atoms. The lowest BCUT2D eigenvalue weighted by Crippen LogP contribution is -2.19. The Bertz CT molecular complexity index is 1540. The van der Waals surface area contributed by atoms with Gasteiger partial charge in [-0.05, 0) is 66.2 Å². The fourth-order valence-corrected chi connectivity index (χ4v) is 4.06. The first kappa shape index (κ1) is 24.6. The van der Waals surface area contributed by atoms with E-state index < -0.39 is 0 Å².